The molecule has 1 saturated heterocycles. The minimum Gasteiger partial charge on any atom is -0.337 e. The van der Waals surface area contributed by atoms with Crippen LogP contribution in [0.15, 0.2) is 6.20 Å². The number of nitrogens with one attached hydrogen (secondary N) is 1. The molecule has 1 aromatic rings. The zero-order valence-corrected chi connectivity index (χ0v) is 10.8. The lowest BCUT2D eigenvalue weighted by atomic mass is 9.94. The van der Waals surface area contributed by atoms with E-state index in [1.807, 2.05) is 4.90 Å². The molecule has 88 valence electrons. The van der Waals surface area contributed by atoms with E-state index >= 15 is 0 Å². The van der Waals surface area contributed by atoms with Gasteiger partial charge in [-0.2, -0.15) is 15.4 Å². The third-order valence-corrected chi connectivity index (χ3v) is 3.86. The van der Waals surface area contributed by atoms with Crippen molar-refractivity contribution in [1.82, 2.24) is 20.3 Å². The minimum absolute atomic E-state index is 0.0191. The van der Waals surface area contributed by atoms with Gasteiger partial charge < -0.3 is 4.90 Å². The number of rotatable bonds is 2. The number of carbonyl (C=O) groups excluding carboxylic acids is 1. The summed E-state index contributed by atoms with van der Waals surface area (Å²) in [6.45, 7) is 3.79. The molecule has 1 aromatic heterocycles. The lowest BCUT2D eigenvalue weighted by molar-refractivity contribution is 0.0685. The fourth-order valence-electron chi connectivity index (χ4n) is 2.03. The summed E-state index contributed by atoms with van der Waals surface area (Å²) < 4.78 is 0. The normalized spacial score (nSPS) is 19.8. The number of hydrogen-bond acceptors (Lipinski definition) is 3. The molecule has 0 saturated carbocycles. The Kier molecular flexibility index (Phi) is 3.58. The Hall–Kier alpha value is -0.910. The van der Waals surface area contributed by atoms with Crippen LogP contribution in [0.2, 0.25) is 0 Å². The molecule has 1 fully saturated rings. The van der Waals surface area contributed by atoms with Crippen molar-refractivity contribution in [2.75, 3.05) is 13.1 Å². The fraction of sp³-hybridized carbons (Fsp3) is 0.700. The zero-order valence-electron chi connectivity index (χ0n) is 9.19. The van der Waals surface area contributed by atoms with E-state index in [0.717, 1.165) is 25.9 Å². The van der Waals surface area contributed by atoms with E-state index < -0.39 is 0 Å². The van der Waals surface area contributed by atoms with Gasteiger partial charge in [0.2, 0.25) is 0 Å². The Bertz CT molecular complexity index is 344. The molecule has 0 radical (unpaired) electrons. The van der Waals surface area contributed by atoms with E-state index in [1.165, 1.54) is 6.20 Å². The molecule has 0 spiro atoms. The number of aromatic nitrogens is 3. The van der Waals surface area contributed by atoms with Crippen molar-refractivity contribution in [3.63, 3.8) is 0 Å². The highest BCUT2D eigenvalue weighted by Crippen LogP contribution is 2.25. The summed E-state index contributed by atoms with van der Waals surface area (Å²) in [4.78, 5) is 14.3. The summed E-state index contributed by atoms with van der Waals surface area (Å²) in [7, 11) is 0. The van der Waals surface area contributed by atoms with Gasteiger partial charge in [0.15, 0.2) is 5.69 Å². The van der Waals surface area contributed by atoms with Gasteiger partial charge >= 0.3 is 0 Å². The Balaban J connectivity index is 1.92. The molecule has 16 heavy (non-hydrogen) atoms. The molecular weight excluding hydrogens is 272 g/mol. The molecule has 0 aliphatic carbocycles. The number of H-pyrrole nitrogens is 1. The highest BCUT2D eigenvalue weighted by atomic mass is 79.9. The van der Waals surface area contributed by atoms with Gasteiger partial charge in [-0.25, -0.2) is 0 Å². The second kappa shape index (κ2) is 4.95. The molecule has 1 amide bonds. The summed E-state index contributed by atoms with van der Waals surface area (Å²) in [5.74, 6) is 0.649. The van der Waals surface area contributed by atoms with E-state index in [0.29, 0.717) is 16.4 Å². The van der Waals surface area contributed by atoms with Crippen LogP contribution in [0.25, 0.3) is 0 Å². The van der Waals surface area contributed by atoms with E-state index in [4.69, 9.17) is 0 Å². The molecular formula is C10H15BrN4O. The first kappa shape index (κ1) is 11.6. The molecule has 6 heteroatoms. The lowest BCUT2D eigenvalue weighted by Crippen LogP contribution is -2.40. The summed E-state index contributed by atoms with van der Waals surface area (Å²) in [5, 5.41) is 9.92. The lowest BCUT2D eigenvalue weighted by Gasteiger charge is -2.32. The Morgan fingerprint density at radius 2 is 2.31 bits per heavy atom. The molecule has 1 atom stereocenters. The molecule has 2 rings (SSSR count). The SMILES string of the molecule is CC(Br)C1CCN(C(=O)c2cn[nH]n2)CC1. The smallest absolute Gasteiger partial charge is 0.276 e. The van der Waals surface area contributed by atoms with Crippen LogP contribution in [0.4, 0.5) is 0 Å². The maximum absolute atomic E-state index is 11.9. The van der Waals surface area contributed by atoms with E-state index in [9.17, 15) is 4.79 Å². The third-order valence-electron chi connectivity index (χ3n) is 3.11. The number of carbonyl (C=O) groups is 1. The molecule has 0 aromatic carbocycles. The van der Waals surface area contributed by atoms with Gasteiger partial charge in [0.1, 0.15) is 0 Å². The van der Waals surface area contributed by atoms with Crippen LogP contribution in [0, 0.1) is 5.92 Å². The number of piperidine rings is 1. The zero-order chi connectivity index (χ0) is 11.5. The molecule has 1 aliphatic rings. The van der Waals surface area contributed by atoms with Crippen molar-refractivity contribution in [2.24, 2.45) is 5.92 Å². The van der Waals surface area contributed by atoms with Crippen molar-refractivity contribution >= 4 is 21.8 Å². The number of alkyl halides is 1. The van der Waals surface area contributed by atoms with Gasteiger partial charge in [-0.3, -0.25) is 4.79 Å². The average molecular weight is 287 g/mol. The van der Waals surface area contributed by atoms with E-state index in [-0.39, 0.29) is 5.91 Å². The monoisotopic (exact) mass is 286 g/mol. The van der Waals surface area contributed by atoms with Crippen molar-refractivity contribution in [3.05, 3.63) is 11.9 Å². The Morgan fingerprint density at radius 1 is 1.62 bits per heavy atom. The number of likely N-dealkylation sites (tertiary alicyclic amines) is 1. The molecule has 5 nitrogen and oxygen atoms in total. The topological polar surface area (TPSA) is 61.9 Å². The highest BCUT2D eigenvalue weighted by Gasteiger charge is 2.26. The largest absolute Gasteiger partial charge is 0.337 e. The number of aromatic amines is 1. The summed E-state index contributed by atoms with van der Waals surface area (Å²) in [5.41, 5.74) is 0.408. The Morgan fingerprint density at radius 3 is 2.81 bits per heavy atom. The summed E-state index contributed by atoms with van der Waals surface area (Å²) in [6, 6.07) is 0. The first-order valence-electron chi connectivity index (χ1n) is 5.47. The molecule has 0 bridgehead atoms. The molecule has 1 unspecified atom stereocenters. The van der Waals surface area contributed by atoms with E-state index in [2.05, 4.69) is 38.3 Å². The fourth-order valence-corrected chi connectivity index (χ4v) is 2.56. The van der Waals surface area contributed by atoms with Crippen LogP contribution in [0.1, 0.15) is 30.3 Å². The first-order valence-corrected chi connectivity index (χ1v) is 6.39. The standard InChI is InChI=1S/C10H15BrN4O/c1-7(11)8-2-4-15(5-3-8)10(16)9-6-12-14-13-9/h6-8H,2-5H2,1H3,(H,12,13,14). The Labute approximate surface area is 103 Å². The van der Waals surface area contributed by atoms with Crippen LogP contribution in [0.3, 0.4) is 0 Å². The van der Waals surface area contributed by atoms with Crippen molar-refractivity contribution in [1.29, 1.82) is 0 Å². The highest BCUT2D eigenvalue weighted by molar-refractivity contribution is 9.09. The van der Waals surface area contributed by atoms with Crippen molar-refractivity contribution in [2.45, 2.75) is 24.6 Å². The maximum atomic E-state index is 11.9. The molecule has 2 heterocycles. The van der Waals surface area contributed by atoms with Crippen molar-refractivity contribution in [3.8, 4) is 0 Å². The van der Waals surface area contributed by atoms with Crippen LogP contribution in [-0.4, -0.2) is 44.1 Å². The quantitative estimate of drug-likeness (QED) is 0.837. The van der Waals surface area contributed by atoms with Crippen LogP contribution in [0.5, 0.6) is 0 Å². The number of amides is 1. The van der Waals surface area contributed by atoms with Crippen LogP contribution in [-0.2, 0) is 0 Å². The van der Waals surface area contributed by atoms with Gasteiger partial charge in [0.05, 0.1) is 6.20 Å². The predicted molar refractivity (Wildman–Crippen MR) is 63.4 cm³/mol. The molecule has 1 N–H and O–H groups in total. The van der Waals surface area contributed by atoms with Gasteiger partial charge in [-0.15, -0.1) is 0 Å². The first-order chi connectivity index (χ1) is 7.68. The maximum Gasteiger partial charge on any atom is 0.276 e. The summed E-state index contributed by atoms with van der Waals surface area (Å²) >= 11 is 3.60. The second-order valence-corrected chi connectivity index (χ2v) is 5.61. The van der Waals surface area contributed by atoms with Gasteiger partial charge in [-0.1, -0.05) is 22.9 Å². The van der Waals surface area contributed by atoms with Crippen LogP contribution >= 0.6 is 15.9 Å². The minimum atomic E-state index is -0.0191. The van der Waals surface area contributed by atoms with E-state index in [1.54, 1.807) is 0 Å². The van der Waals surface area contributed by atoms with Gasteiger partial charge in [0, 0.05) is 17.9 Å². The number of hydrogen-bond donors (Lipinski definition) is 1. The van der Waals surface area contributed by atoms with Gasteiger partial charge in [0.25, 0.3) is 5.91 Å². The molecule has 1 aliphatic heterocycles. The summed E-state index contributed by atoms with van der Waals surface area (Å²) in [6.07, 6.45) is 3.58. The van der Waals surface area contributed by atoms with Gasteiger partial charge in [-0.05, 0) is 18.8 Å². The third kappa shape index (κ3) is 2.42. The second-order valence-electron chi connectivity index (χ2n) is 4.16. The van der Waals surface area contributed by atoms with Crippen molar-refractivity contribution < 1.29 is 4.79 Å². The number of halogens is 1. The average Bonchev–Trinajstić information content (AvgIpc) is 2.81. The predicted octanol–water partition coefficient (Wildman–Crippen LogP) is 1.44. The number of nitrogens with zero attached hydrogens (tertiary/aromatic N) is 3. The van der Waals surface area contributed by atoms with Crippen LogP contribution < -0.4 is 0 Å².